The van der Waals surface area contributed by atoms with Crippen molar-refractivity contribution in [3.05, 3.63) is 21.7 Å². The number of anilines is 1. The van der Waals surface area contributed by atoms with Crippen LogP contribution in [0.3, 0.4) is 0 Å². The Hall–Kier alpha value is -1.16. The number of hydrogen-bond donors (Lipinski definition) is 1. The molecule has 0 unspecified atom stereocenters. The zero-order chi connectivity index (χ0) is 13.3. The molecule has 1 heterocycles. The van der Waals surface area contributed by atoms with Gasteiger partial charge in [-0.25, -0.2) is 4.98 Å². The number of allylic oxidation sites excluding steroid dienone is 2. The molecule has 0 aromatic carbocycles. The second kappa shape index (κ2) is 4.84. The van der Waals surface area contributed by atoms with Crippen LogP contribution in [0.15, 0.2) is 16.8 Å². The van der Waals surface area contributed by atoms with Crippen LogP contribution in [0.5, 0.6) is 0 Å². The van der Waals surface area contributed by atoms with E-state index in [1.807, 2.05) is 19.4 Å². The normalized spacial score (nSPS) is 19.2. The lowest BCUT2D eigenvalue weighted by Crippen LogP contribution is -2.28. The van der Waals surface area contributed by atoms with Gasteiger partial charge in [-0.3, -0.25) is 4.79 Å². The van der Waals surface area contributed by atoms with Gasteiger partial charge < -0.3 is 5.32 Å². The predicted octanol–water partition coefficient (Wildman–Crippen LogP) is 3.92. The molecule has 0 atom stereocenters. The van der Waals surface area contributed by atoms with Crippen molar-refractivity contribution in [3.63, 3.8) is 0 Å². The fourth-order valence-corrected chi connectivity index (χ4v) is 2.99. The molecule has 18 heavy (non-hydrogen) atoms. The third-order valence-corrected chi connectivity index (χ3v) is 4.12. The van der Waals surface area contributed by atoms with Crippen LogP contribution in [0.25, 0.3) is 0 Å². The van der Waals surface area contributed by atoms with Crippen LogP contribution in [-0.4, -0.2) is 10.8 Å². The zero-order valence-corrected chi connectivity index (χ0v) is 12.3. The van der Waals surface area contributed by atoms with Crippen molar-refractivity contribution in [1.29, 1.82) is 0 Å². The van der Waals surface area contributed by atoms with Crippen LogP contribution in [0.2, 0.25) is 0 Å². The Labute approximate surface area is 112 Å². The van der Waals surface area contributed by atoms with Crippen molar-refractivity contribution >= 4 is 22.9 Å². The van der Waals surface area contributed by atoms with Gasteiger partial charge in [0.25, 0.3) is 0 Å². The summed E-state index contributed by atoms with van der Waals surface area (Å²) in [6.45, 7) is 8.38. The molecule has 0 radical (unpaired) electrons. The molecule has 0 fully saturated rings. The van der Waals surface area contributed by atoms with E-state index in [-0.39, 0.29) is 11.2 Å². The number of carbonyl (C=O) groups is 1. The maximum atomic E-state index is 12.1. The molecular formula is C14H20N2OS. The number of aromatic nitrogens is 1. The molecular weight excluding hydrogens is 244 g/mol. The Balaban J connectivity index is 2.33. The van der Waals surface area contributed by atoms with Crippen molar-refractivity contribution in [3.8, 4) is 0 Å². The number of aryl methyl sites for hydroxylation is 1. The van der Waals surface area contributed by atoms with Crippen molar-refractivity contribution in [2.24, 2.45) is 5.41 Å². The zero-order valence-electron chi connectivity index (χ0n) is 11.5. The highest BCUT2D eigenvalue weighted by molar-refractivity contribution is 7.10. The minimum absolute atomic E-state index is 0.0437. The van der Waals surface area contributed by atoms with Crippen molar-refractivity contribution < 1.29 is 4.79 Å². The minimum atomic E-state index is 0.0437. The number of carbonyl (C=O) groups excluding carboxylic acids is 1. The summed E-state index contributed by atoms with van der Waals surface area (Å²) in [6, 6.07) is 0. The highest BCUT2D eigenvalue weighted by Gasteiger charge is 2.32. The van der Waals surface area contributed by atoms with E-state index in [1.165, 1.54) is 0 Å². The first kappa shape index (κ1) is 13.3. The lowest BCUT2D eigenvalue weighted by molar-refractivity contribution is -0.118. The fraction of sp³-hybridized carbons (Fsp3) is 0.571. The van der Waals surface area contributed by atoms with Crippen LogP contribution in [-0.2, 0) is 4.79 Å². The Morgan fingerprint density at radius 2 is 2.17 bits per heavy atom. The summed E-state index contributed by atoms with van der Waals surface area (Å²) < 4.78 is 0. The minimum Gasteiger partial charge on any atom is -0.342 e. The van der Waals surface area contributed by atoms with Gasteiger partial charge in [0.15, 0.2) is 5.78 Å². The number of rotatable bonds is 3. The summed E-state index contributed by atoms with van der Waals surface area (Å²) in [5, 5.41) is 3.37. The second-order valence-corrected chi connectivity index (χ2v) is 6.69. The third-order valence-electron chi connectivity index (χ3n) is 3.36. The maximum absolute atomic E-state index is 12.1. The largest absolute Gasteiger partial charge is 0.342 e. The Bertz CT molecular complexity index is 500. The first-order chi connectivity index (χ1) is 8.43. The van der Waals surface area contributed by atoms with Crippen LogP contribution in [0.4, 0.5) is 5.82 Å². The lowest BCUT2D eigenvalue weighted by atomic mass is 9.75. The first-order valence-electron chi connectivity index (χ1n) is 6.35. The average molecular weight is 264 g/mol. The number of nitrogens with one attached hydrogen (secondary N) is 1. The molecule has 0 amide bonds. The van der Waals surface area contributed by atoms with E-state index in [0.717, 1.165) is 34.8 Å². The summed E-state index contributed by atoms with van der Waals surface area (Å²) in [6.07, 6.45) is 2.36. The molecule has 1 aromatic rings. The van der Waals surface area contributed by atoms with Gasteiger partial charge in [0.1, 0.15) is 5.82 Å². The van der Waals surface area contributed by atoms with Crippen molar-refractivity contribution in [2.75, 3.05) is 5.32 Å². The monoisotopic (exact) mass is 264 g/mol. The molecule has 0 saturated heterocycles. The van der Waals surface area contributed by atoms with Crippen molar-refractivity contribution in [2.45, 2.75) is 47.0 Å². The highest BCUT2D eigenvalue weighted by Crippen LogP contribution is 2.38. The number of ketones is 1. The Morgan fingerprint density at radius 3 is 2.72 bits per heavy atom. The Kier molecular flexibility index (Phi) is 3.57. The number of hydrogen-bond acceptors (Lipinski definition) is 4. The van der Waals surface area contributed by atoms with Gasteiger partial charge in [-0.2, -0.15) is 0 Å². The van der Waals surface area contributed by atoms with Gasteiger partial charge in [-0.1, -0.05) is 20.8 Å². The van der Waals surface area contributed by atoms with Gasteiger partial charge in [0.2, 0.25) is 0 Å². The van der Waals surface area contributed by atoms with Crippen LogP contribution in [0, 0.1) is 12.3 Å². The molecule has 98 valence electrons. The SMILES string of the molecule is CCC1=C(Nc2ncsc2C)CC(C)(C)CC1=O. The average Bonchev–Trinajstić information content (AvgIpc) is 2.62. The summed E-state index contributed by atoms with van der Waals surface area (Å²) in [7, 11) is 0. The van der Waals surface area contributed by atoms with Gasteiger partial charge in [-0.15, -0.1) is 11.3 Å². The highest BCUT2D eigenvalue weighted by atomic mass is 32.1. The molecule has 1 N–H and O–H groups in total. The maximum Gasteiger partial charge on any atom is 0.161 e. The molecule has 1 aromatic heterocycles. The van der Waals surface area contributed by atoms with E-state index in [1.54, 1.807) is 11.3 Å². The van der Waals surface area contributed by atoms with E-state index in [9.17, 15) is 4.79 Å². The van der Waals surface area contributed by atoms with E-state index < -0.39 is 0 Å². The first-order valence-corrected chi connectivity index (χ1v) is 7.23. The molecule has 0 spiro atoms. The number of nitrogens with zero attached hydrogens (tertiary/aromatic N) is 1. The fourth-order valence-electron chi connectivity index (χ4n) is 2.46. The number of thiazole rings is 1. The Morgan fingerprint density at radius 1 is 1.44 bits per heavy atom. The summed E-state index contributed by atoms with van der Waals surface area (Å²) in [5.74, 6) is 1.18. The smallest absolute Gasteiger partial charge is 0.161 e. The van der Waals surface area contributed by atoms with Gasteiger partial charge >= 0.3 is 0 Å². The van der Waals surface area contributed by atoms with E-state index >= 15 is 0 Å². The van der Waals surface area contributed by atoms with Crippen LogP contribution in [0.1, 0.15) is 44.9 Å². The molecule has 3 nitrogen and oxygen atoms in total. The molecule has 0 aliphatic heterocycles. The topological polar surface area (TPSA) is 42.0 Å². The quantitative estimate of drug-likeness (QED) is 0.899. The van der Waals surface area contributed by atoms with Crippen molar-refractivity contribution in [1.82, 2.24) is 4.98 Å². The van der Waals surface area contributed by atoms with Gasteiger partial charge in [0, 0.05) is 22.6 Å². The molecule has 4 heteroatoms. The van der Waals surface area contributed by atoms with E-state index in [4.69, 9.17) is 0 Å². The standard InChI is InChI=1S/C14H20N2OS/c1-5-10-11(6-14(3,4)7-12(10)17)16-13-9(2)18-8-15-13/h8,16H,5-7H2,1-4H3. The summed E-state index contributed by atoms with van der Waals surface area (Å²) >= 11 is 1.62. The summed E-state index contributed by atoms with van der Waals surface area (Å²) in [5.41, 5.74) is 3.89. The van der Waals surface area contributed by atoms with Gasteiger partial charge in [0.05, 0.1) is 5.51 Å². The second-order valence-electron chi connectivity index (χ2n) is 5.63. The number of Topliss-reactive ketones (excluding diaryl/α,β-unsaturated/α-hetero) is 1. The lowest BCUT2D eigenvalue weighted by Gasteiger charge is -2.32. The molecule has 1 aliphatic carbocycles. The van der Waals surface area contributed by atoms with Gasteiger partial charge in [-0.05, 0) is 25.2 Å². The van der Waals surface area contributed by atoms with E-state index in [2.05, 4.69) is 24.1 Å². The van der Waals surface area contributed by atoms with E-state index in [0.29, 0.717) is 6.42 Å². The van der Waals surface area contributed by atoms with Crippen LogP contribution >= 0.6 is 11.3 Å². The third kappa shape index (κ3) is 2.64. The molecule has 0 bridgehead atoms. The molecule has 2 rings (SSSR count). The molecule has 0 saturated carbocycles. The van der Waals surface area contributed by atoms with Crippen LogP contribution < -0.4 is 5.32 Å². The molecule has 1 aliphatic rings. The summed E-state index contributed by atoms with van der Waals surface area (Å²) in [4.78, 5) is 17.6. The predicted molar refractivity (Wildman–Crippen MR) is 75.8 cm³/mol.